The summed E-state index contributed by atoms with van der Waals surface area (Å²) in [6.45, 7) is 5.13. The molecule has 3 unspecified atom stereocenters. The average molecular weight is 198 g/mol. The maximum absolute atomic E-state index is 11.6. The second-order valence-corrected chi connectivity index (χ2v) is 4.42. The Balaban J connectivity index is 1.94. The summed E-state index contributed by atoms with van der Waals surface area (Å²) in [4.78, 5) is 13.5. The maximum Gasteiger partial charge on any atom is 0.239 e. The van der Waals surface area contributed by atoms with E-state index in [0.717, 1.165) is 32.7 Å². The van der Waals surface area contributed by atoms with Crippen molar-refractivity contribution in [2.45, 2.75) is 19.4 Å². The normalized spacial score (nSPS) is 34.0. The van der Waals surface area contributed by atoms with Crippen LogP contribution in [0.25, 0.3) is 0 Å². The molecule has 2 aliphatic rings. The van der Waals surface area contributed by atoms with Crippen LogP contribution in [-0.2, 0) is 9.53 Å². The standard InChI is InChI=1S/C10H18N2O2/c1-7(11)10(13)12-3-2-8-5-14-6-9(8)4-12/h7-9H,2-6,11H2,1H3. The lowest BCUT2D eigenvalue weighted by Crippen LogP contribution is -2.48. The van der Waals surface area contributed by atoms with Gasteiger partial charge in [-0.3, -0.25) is 4.79 Å². The molecule has 0 saturated carbocycles. The second kappa shape index (κ2) is 3.87. The molecular weight excluding hydrogens is 180 g/mol. The van der Waals surface area contributed by atoms with Crippen LogP contribution in [0.4, 0.5) is 0 Å². The van der Waals surface area contributed by atoms with Gasteiger partial charge >= 0.3 is 0 Å². The van der Waals surface area contributed by atoms with Gasteiger partial charge in [0.25, 0.3) is 0 Å². The second-order valence-electron chi connectivity index (χ2n) is 4.42. The van der Waals surface area contributed by atoms with Crippen LogP contribution in [0.15, 0.2) is 0 Å². The maximum atomic E-state index is 11.6. The van der Waals surface area contributed by atoms with E-state index in [1.165, 1.54) is 0 Å². The van der Waals surface area contributed by atoms with Gasteiger partial charge in [-0.05, 0) is 19.3 Å². The third-order valence-electron chi connectivity index (χ3n) is 3.26. The first-order chi connectivity index (χ1) is 6.68. The fraction of sp³-hybridized carbons (Fsp3) is 0.900. The summed E-state index contributed by atoms with van der Waals surface area (Å²) in [6, 6.07) is -0.367. The van der Waals surface area contributed by atoms with Crippen LogP contribution in [0.1, 0.15) is 13.3 Å². The van der Waals surface area contributed by atoms with Crippen LogP contribution in [-0.4, -0.2) is 43.2 Å². The fourth-order valence-electron chi connectivity index (χ4n) is 2.35. The van der Waals surface area contributed by atoms with Gasteiger partial charge in [0.1, 0.15) is 0 Å². The number of carbonyl (C=O) groups is 1. The number of piperidine rings is 1. The largest absolute Gasteiger partial charge is 0.381 e. The number of rotatable bonds is 1. The highest BCUT2D eigenvalue weighted by atomic mass is 16.5. The first kappa shape index (κ1) is 9.93. The highest BCUT2D eigenvalue weighted by Gasteiger charge is 2.35. The number of likely N-dealkylation sites (tertiary alicyclic amines) is 1. The minimum atomic E-state index is -0.367. The molecule has 3 atom stereocenters. The summed E-state index contributed by atoms with van der Waals surface area (Å²) in [7, 11) is 0. The predicted molar refractivity (Wildman–Crippen MR) is 52.6 cm³/mol. The van der Waals surface area contributed by atoms with Gasteiger partial charge in [-0.2, -0.15) is 0 Å². The zero-order valence-corrected chi connectivity index (χ0v) is 8.61. The van der Waals surface area contributed by atoms with Gasteiger partial charge in [-0.25, -0.2) is 0 Å². The molecule has 2 rings (SSSR count). The molecule has 2 fully saturated rings. The van der Waals surface area contributed by atoms with Crippen molar-refractivity contribution in [3.05, 3.63) is 0 Å². The van der Waals surface area contributed by atoms with Crippen molar-refractivity contribution in [1.29, 1.82) is 0 Å². The summed E-state index contributed by atoms with van der Waals surface area (Å²) < 4.78 is 5.41. The molecule has 0 bridgehead atoms. The van der Waals surface area contributed by atoms with E-state index in [4.69, 9.17) is 10.5 Å². The van der Waals surface area contributed by atoms with Crippen LogP contribution in [0, 0.1) is 11.8 Å². The van der Waals surface area contributed by atoms with E-state index < -0.39 is 0 Å². The Morgan fingerprint density at radius 2 is 2.21 bits per heavy atom. The Kier molecular flexibility index (Phi) is 2.74. The SMILES string of the molecule is CC(N)C(=O)N1CCC2COCC2C1. The van der Waals surface area contributed by atoms with Gasteiger partial charge in [0.15, 0.2) is 0 Å². The number of nitrogens with two attached hydrogens (primary N) is 1. The Morgan fingerprint density at radius 3 is 2.93 bits per heavy atom. The van der Waals surface area contributed by atoms with Gasteiger partial charge in [-0.1, -0.05) is 0 Å². The molecule has 2 saturated heterocycles. The molecule has 0 spiro atoms. The van der Waals surface area contributed by atoms with Gasteiger partial charge in [0, 0.05) is 25.6 Å². The minimum Gasteiger partial charge on any atom is -0.381 e. The first-order valence-corrected chi connectivity index (χ1v) is 5.30. The highest BCUT2D eigenvalue weighted by Crippen LogP contribution is 2.29. The summed E-state index contributed by atoms with van der Waals surface area (Å²) >= 11 is 0. The number of ether oxygens (including phenoxy) is 1. The van der Waals surface area contributed by atoms with Gasteiger partial charge in [0.05, 0.1) is 12.6 Å². The molecule has 2 heterocycles. The highest BCUT2D eigenvalue weighted by molar-refractivity contribution is 5.81. The number of amides is 1. The third kappa shape index (κ3) is 1.77. The molecule has 80 valence electrons. The Bertz CT molecular complexity index is 230. The van der Waals surface area contributed by atoms with E-state index in [9.17, 15) is 4.79 Å². The summed E-state index contributed by atoms with van der Waals surface area (Å²) in [5.74, 6) is 1.30. The number of carbonyl (C=O) groups excluding carboxylic acids is 1. The van der Waals surface area contributed by atoms with E-state index in [-0.39, 0.29) is 11.9 Å². The fourth-order valence-corrected chi connectivity index (χ4v) is 2.35. The van der Waals surface area contributed by atoms with Crippen LogP contribution >= 0.6 is 0 Å². The number of nitrogens with zero attached hydrogens (tertiary/aromatic N) is 1. The van der Waals surface area contributed by atoms with E-state index >= 15 is 0 Å². The van der Waals surface area contributed by atoms with E-state index in [0.29, 0.717) is 11.8 Å². The van der Waals surface area contributed by atoms with E-state index in [1.54, 1.807) is 6.92 Å². The van der Waals surface area contributed by atoms with Gasteiger partial charge < -0.3 is 15.4 Å². The van der Waals surface area contributed by atoms with Crippen LogP contribution in [0.3, 0.4) is 0 Å². The van der Waals surface area contributed by atoms with Crippen molar-refractivity contribution in [2.24, 2.45) is 17.6 Å². The quantitative estimate of drug-likeness (QED) is 0.636. The molecular formula is C10H18N2O2. The van der Waals surface area contributed by atoms with E-state index in [1.807, 2.05) is 4.90 Å². The van der Waals surface area contributed by atoms with Crippen molar-refractivity contribution < 1.29 is 9.53 Å². The lowest BCUT2D eigenvalue weighted by molar-refractivity contribution is -0.134. The van der Waals surface area contributed by atoms with Crippen LogP contribution < -0.4 is 5.73 Å². The summed E-state index contributed by atoms with van der Waals surface area (Å²) in [6.07, 6.45) is 1.07. The topological polar surface area (TPSA) is 55.6 Å². The van der Waals surface area contributed by atoms with Crippen molar-refractivity contribution in [3.63, 3.8) is 0 Å². The molecule has 1 amide bonds. The van der Waals surface area contributed by atoms with Crippen molar-refractivity contribution >= 4 is 5.91 Å². The van der Waals surface area contributed by atoms with Gasteiger partial charge in [-0.15, -0.1) is 0 Å². The zero-order valence-electron chi connectivity index (χ0n) is 8.61. The lowest BCUT2D eigenvalue weighted by atomic mass is 9.88. The van der Waals surface area contributed by atoms with Crippen molar-refractivity contribution in [3.8, 4) is 0 Å². The molecule has 2 N–H and O–H groups in total. The molecule has 4 heteroatoms. The lowest BCUT2D eigenvalue weighted by Gasteiger charge is -2.34. The molecule has 0 aromatic heterocycles. The average Bonchev–Trinajstić information content (AvgIpc) is 2.62. The predicted octanol–water partition coefficient (Wildman–Crippen LogP) is -0.171. The Labute approximate surface area is 84.4 Å². The Morgan fingerprint density at radius 1 is 1.50 bits per heavy atom. The molecule has 14 heavy (non-hydrogen) atoms. The molecule has 2 aliphatic heterocycles. The molecule has 4 nitrogen and oxygen atoms in total. The minimum absolute atomic E-state index is 0.0790. The molecule has 0 aromatic carbocycles. The molecule has 0 aliphatic carbocycles. The number of hydrogen-bond acceptors (Lipinski definition) is 3. The number of hydrogen-bond donors (Lipinski definition) is 1. The first-order valence-electron chi connectivity index (χ1n) is 5.30. The van der Waals surface area contributed by atoms with Crippen LogP contribution in [0.2, 0.25) is 0 Å². The smallest absolute Gasteiger partial charge is 0.239 e. The summed E-state index contributed by atoms with van der Waals surface area (Å²) in [5.41, 5.74) is 5.58. The Hall–Kier alpha value is -0.610. The summed E-state index contributed by atoms with van der Waals surface area (Å²) in [5, 5.41) is 0. The van der Waals surface area contributed by atoms with E-state index in [2.05, 4.69) is 0 Å². The number of fused-ring (bicyclic) bond motifs is 1. The molecule has 0 radical (unpaired) electrons. The van der Waals surface area contributed by atoms with Gasteiger partial charge in [0.2, 0.25) is 5.91 Å². The third-order valence-corrected chi connectivity index (χ3v) is 3.26. The molecule has 0 aromatic rings. The van der Waals surface area contributed by atoms with Crippen molar-refractivity contribution in [2.75, 3.05) is 26.3 Å². The zero-order chi connectivity index (χ0) is 10.1. The van der Waals surface area contributed by atoms with Crippen molar-refractivity contribution in [1.82, 2.24) is 4.90 Å². The monoisotopic (exact) mass is 198 g/mol. The van der Waals surface area contributed by atoms with Crippen LogP contribution in [0.5, 0.6) is 0 Å².